The van der Waals surface area contributed by atoms with Crippen LogP contribution in [-0.2, 0) is 0 Å². The van der Waals surface area contributed by atoms with Gasteiger partial charge in [0.05, 0.1) is 25.5 Å². The van der Waals surface area contributed by atoms with E-state index in [2.05, 4.69) is 15.3 Å². The van der Waals surface area contributed by atoms with Gasteiger partial charge in [-0.3, -0.25) is 0 Å². The third-order valence-corrected chi connectivity index (χ3v) is 4.14. The number of hydrogen-bond acceptors (Lipinski definition) is 7. The van der Waals surface area contributed by atoms with Crippen molar-refractivity contribution >= 4 is 18.4 Å². The molecule has 0 aliphatic carbocycles. The Labute approximate surface area is 173 Å². The average molecular weight is 409 g/mol. The van der Waals surface area contributed by atoms with Gasteiger partial charge >= 0.3 is 0 Å². The maximum absolute atomic E-state index is 8.67. The molecular formula is C20H19N5O3S. The van der Waals surface area contributed by atoms with Crippen LogP contribution in [0.1, 0.15) is 12.5 Å². The summed E-state index contributed by atoms with van der Waals surface area (Å²) in [6.45, 7) is 2.39. The number of benzene rings is 2. The lowest BCUT2D eigenvalue weighted by atomic mass is 10.2. The molecule has 2 aromatic carbocycles. The molecule has 0 saturated carbocycles. The van der Waals surface area contributed by atoms with Crippen LogP contribution in [0, 0.1) is 16.1 Å². The van der Waals surface area contributed by atoms with Crippen LogP contribution in [0.5, 0.6) is 17.2 Å². The highest BCUT2D eigenvalue weighted by molar-refractivity contribution is 7.71. The molecule has 0 spiro atoms. The van der Waals surface area contributed by atoms with Crippen LogP contribution in [0.4, 0.5) is 0 Å². The molecule has 0 atom stereocenters. The molecule has 1 heterocycles. The third-order valence-electron chi connectivity index (χ3n) is 3.88. The summed E-state index contributed by atoms with van der Waals surface area (Å²) in [5.74, 6) is 2.22. The quantitative estimate of drug-likeness (QED) is 0.449. The summed E-state index contributed by atoms with van der Waals surface area (Å²) in [6, 6.07) is 14.8. The second-order valence-electron chi connectivity index (χ2n) is 5.69. The lowest BCUT2D eigenvalue weighted by Crippen LogP contribution is -2.00. The average Bonchev–Trinajstić information content (AvgIpc) is 3.11. The number of rotatable bonds is 8. The minimum atomic E-state index is -0.0590. The molecule has 0 aliphatic heterocycles. The first-order valence-electron chi connectivity index (χ1n) is 8.79. The molecule has 3 aromatic rings. The molecule has 0 fully saturated rings. The van der Waals surface area contributed by atoms with Gasteiger partial charge in [0, 0.05) is 0 Å². The molecule has 0 unspecified atom stereocenters. The smallest absolute Gasteiger partial charge is 0.216 e. The molecule has 8 nitrogen and oxygen atoms in total. The fraction of sp³-hybridized carbons (Fsp3) is 0.200. The van der Waals surface area contributed by atoms with E-state index in [0.717, 1.165) is 11.1 Å². The van der Waals surface area contributed by atoms with Gasteiger partial charge in [-0.1, -0.05) is 12.1 Å². The van der Waals surface area contributed by atoms with Crippen molar-refractivity contribution in [2.75, 3.05) is 20.3 Å². The number of H-pyrrole nitrogens is 1. The standard InChI is InChI=1S/C20H19N5O3S/c1-3-27-16-7-5-4-6-15(16)19-23-24-20(29)25(19)22-13-14-8-9-17(28-11-10-21)18(12-14)26-2/h4-9,12-13H,3,11H2,1-2H3,(H,24,29)/b22-13-. The van der Waals surface area contributed by atoms with Gasteiger partial charge in [0.1, 0.15) is 11.8 Å². The number of ether oxygens (including phenoxy) is 3. The Kier molecular flexibility index (Phi) is 6.60. The first-order chi connectivity index (χ1) is 14.2. The maximum Gasteiger partial charge on any atom is 0.216 e. The van der Waals surface area contributed by atoms with Crippen molar-refractivity contribution in [3.63, 3.8) is 0 Å². The summed E-state index contributed by atoms with van der Waals surface area (Å²) in [5.41, 5.74) is 1.54. The Morgan fingerprint density at radius 1 is 1.21 bits per heavy atom. The first-order valence-corrected chi connectivity index (χ1v) is 9.20. The molecular weight excluding hydrogens is 390 g/mol. The van der Waals surface area contributed by atoms with Gasteiger partial charge in [-0.05, 0) is 55.0 Å². The van der Waals surface area contributed by atoms with E-state index >= 15 is 0 Å². The Hall–Kier alpha value is -3.64. The summed E-state index contributed by atoms with van der Waals surface area (Å²) in [7, 11) is 1.53. The minimum Gasteiger partial charge on any atom is -0.493 e. The van der Waals surface area contributed by atoms with Crippen molar-refractivity contribution in [1.82, 2.24) is 14.9 Å². The zero-order valence-corrected chi connectivity index (χ0v) is 16.8. The fourth-order valence-corrected chi connectivity index (χ4v) is 2.80. The highest BCUT2D eigenvalue weighted by Gasteiger charge is 2.13. The first kappa shape index (κ1) is 20.1. The molecule has 0 aliphatic rings. The van der Waals surface area contributed by atoms with Crippen molar-refractivity contribution in [1.29, 1.82) is 5.26 Å². The zero-order valence-electron chi connectivity index (χ0n) is 16.0. The van der Waals surface area contributed by atoms with Crippen LogP contribution in [-0.4, -0.2) is 41.4 Å². The Balaban J connectivity index is 1.94. The van der Waals surface area contributed by atoms with E-state index in [9.17, 15) is 0 Å². The number of aromatic nitrogens is 3. The van der Waals surface area contributed by atoms with Crippen molar-refractivity contribution in [3.8, 4) is 34.7 Å². The molecule has 0 amide bonds. The van der Waals surface area contributed by atoms with E-state index in [0.29, 0.717) is 34.5 Å². The van der Waals surface area contributed by atoms with Gasteiger partial charge in [0.2, 0.25) is 4.77 Å². The van der Waals surface area contributed by atoms with Crippen LogP contribution in [0.2, 0.25) is 0 Å². The molecule has 1 aromatic heterocycles. The monoisotopic (exact) mass is 409 g/mol. The van der Waals surface area contributed by atoms with Crippen LogP contribution >= 0.6 is 12.2 Å². The molecule has 29 heavy (non-hydrogen) atoms. The van der Waals surface area contributed by atoms with Gasteiger partial charge in [-0.2, -0.15) is 20.1 Å². The number of methoxy groups -OCH3 is 1. The number of nitrogens with one attached hydrogen (secondary N) is 1. The third kappa shape index (κ3) is 4.62. The van der Waals surface area contributed by atoms with Gasteiger partial charge in [-0.15, -0.1) is 0 Å². The highest BCUT2D eigenvalue weighted by Crippen LogP contribution is 2.29. The number of nitriles is 1. The molecule has 9 heteroatoms. The second kappa shape index (κ2) is 9.52. The van der Waals surface area contributed by atoms with E-state index in [-0.39, 0.29) is 6.61 Å². The molecule has 3 rings (SSSR count). The lowest BCUT2D eigenvalue weighted by molar-refractivity contribution is 0.329. The summed E-state index contributed by atoms with van der Waals surface area (Å²) < 4.78 is 18.2. The van der Waals surface area contributed by atoms with Crippen molar-refractivity contribution < 1.29 is 14.2 Å². The van der Waals surface area contributed by atoms with Crippen LogP contribution in [0.25, 0.3) is 11.4 Å². The minimum absolute atomic E-state index is 0.0590. The summed E-state index contributed by atoms with van der Waals surface area (Å²) in [4.78, 5) is 0. The summed E-state index contributed by atoms with van der Waals surface area (Å²) in [6.07, 6.45) is 1.63. The summed E-state index contributed by atoms with van der Waals surface area (Å²) >= 11 is 5.33. The van der Waals surface area contributed by atoms with Crippen LogP contribution in [0.15, 0.2) is 47.6 Å². The number of hydrogen-bond donors (Lipinski definition) is 1. The van der Waals surface area contributed by atoms with Crippen molar-refractivity contribution in [2.24, 2.45) is 5.10 Å². The predicted octanol–water partition coefficient (Wildman–Crippen LogP) is 3.80. The van der Waals surface area contributed by atoms with Crippen LogP contribution < -0.4 is 14.2 Å². The highest BCUT2D eigenvalue weighted by atomic mass is 32.1. The normalized spacial score (nSPS) is 10.7. The topological polar surface area (TPSA) is 97.5 Å². The Morgan fingerprint density at radius 3 is 2.79 bits per heavy atom. The van der Waals surface area contributed by atoms with Gasteiger partial charge < -0.3 is 14.2 Å². The number of para-hydroxylation sites is 1. The van der Waals surface area contributed by atoms with Gasteiger partial charge in [-0.25, -0.2) is 5.10 Å². The fourth-order valence-electron chi connectivity index (χ4n) is 2.62. The second-order valence-corrected chi connectivity index (χ2v) is 6.08. The van der Waals surface area contributed by atoms with E-state index in [4.69, 9.17) is 31.7 Å². The Bertz CT molecular complexity index is 1110. The van der Waals surface area contributed by atoms with Crippen molar-refractivity contribution in [3.05, 3.63) is 52.8 Å². The number of aromatic amines is 1. The SMILES string of the molecule is CCOc1ccccc1-c1n[nH]c(=S)n1/N=C\c1ccc(OCC#N)c(OC)c1. The molecule has 0 saturated heterocycles. The van der Waals surface area contributed by atoms with E-state index in [1.807, 2.05) is 37.3 Å². The largest absolute Gasteiger partial charge is 0.493 e. The maximum atomic E-state index is 8.67. The summed E-state index contributed by atoms with van der Waals surface area (Å²) in [5, 5.41) is 20.2. The van der Waals surface area contributed by atoms with Gasteiger partial charge in [0.25, 0.3) is 0 Å². The molecule has 0 bridgehead atoms. The van der Waals surface area contributed by atoms with Crippen LogP contribution in [0.3, 0.4) is 0 Å². The van der Waals surface area contributed by atoms with E-state index in [1.165, 1.54) is 11.8 Å². The predicted molar refractivity (Wildman–Crippen MR) is 111 cm³/mol. The van der Waals surface area contributed by atoms with E-state index in [1.54, 1.807) is 24.4 Å². The number of nitrogens with zero attached hydrogens (tertiary/aromatic N) is 4. The van der Waals surface area contributed by atoms with Crippen molar-refractivity contribution in [2.45, 2.75) is 6.92 Å². The zero-order chi connectivity index (χ0) is 20.6. The molecule has 0 radical (unpaired) electrons. The Morgan fingerprint density at radius 2 is 2.03 bits per heavy atom. The molecule has 1 N–H and O–H groups in total. The van der Waals surface area contributed by atoms with Gasteiger partial charge in [0.15, 0.2) is 23.9 Å². The lowest BCUT2D eigenvalue weighted by Gasteiger charge is -2.09. The van der Waals surface area contributed by atoms with E-state index < -0.39 is 0 Å². The molecule has 148 valence electrons.